The lowest BCUT2D eigenvalue weighted by molar-refractivity contribution is -0.238. The van der Waals surface area contributed by atoms with Crippen LogP contribution in [-0.2, 0) is 4.74 Å². The molecule has 5 atom stereocenters. The summed E-state index contributed by atoms with van der Waals surface area (Å²) >= 11 is 0. The summed E-state index contributed by atoms with van der Waals surface area (Å²) in [4.78, 5) is 0. The fraction of sp³-hybridized carbons (Fsp3) is 1.00. The maximum Gasteiger partial charge on any atom is 0.111 e. The van der Waals surface area contributed by atoms with E-state index in [9.17, 15) is 15.3 Å². The van der Waals surface area contributed by atoms with Gasteiger partial charge < -0.3 is 25.2 Å². The van der Waals surface area contributed by atoms with Gasteiger partial charge in [-0.25, -0.2) is 0 Å². The molecule has 0 aliphatic carbocycles. The van der Waals surface area contributed by atoms with Gasteiger partial charge in [0.1, 0.15) is 24.4 Å². The minimum absolute atomic E-state index is 0.0150. The molecule has 1 heterocycles. The second-order valence-corrected chi connectivity index (χ2v) is 4.04. The Morgan fingerprint density at radius 1 is 1.07 bits per heavy atom. The molecule has 1 fully saturated rings. The van der Waals surface area contributed by atoms with E-state index in [-0.39, 0.29) is 12.5 Å². The number of hydrogen-bond donors (Lipinski definition) is 4. The molecule has 14 heavy (non-hydrogen) atoms. The lowest BCUT2D eigenvalue weighted by Crippen LogP contribution is -2.59. The van der Waals surface area contributed by atoms with Crippen LogP contribution in [-0.4, -0.2) is 57.6 Å². The van der Waals surface area contributed by atoms with Crippen molar-refractivity contribution < 1.29 is 25.2 Å². The Hall–Kier alpha value is -0.200. The zero-order valence-electron chi connectivity index (χ0n) is 8.37. The predicted molar refractivity (Wildman–Crippen MR) is 48.6 cm³/mol. The van der Waals surface area contributed by atoms with Crippen molar-refractivity contribution in [1.82, 2.24) is 0 Å². The van der Waals surface area contributed by atoms with Crippen LogP contribution in [0.25, 0.3) is 0 Å². The molecule has 1 aliphatic heterocycles. The monoisotopic (exact) mass is 206 g/mol. The molecule has 0 aromatic rings. The number of rotatable bonds is 2. The molecule has 0 bridgehead atoms. The highest BCUT2D eigenvalue weighted by atomic mass is 16.5. The van der Waals surface area contributed by atoms with Gasteiger partial charge in [-0.1, -0.05) is 13.8 Å². The van der Waals surface area contributed by atoms with Crippen LogP contribution in [0.3, 0.4) is 0 Å². The average Bonchev–Trinajstić information content (AvgIpc) is 2.14. The van der Waals surface area contributed by atoms with E-state index in [2.05, 4.69) is 0 Å². The first-order valence-electron chi connectivity index (χ1n) is 4.79. The van der Waals surface area contributed by atoms with Crippen LogP contribution in [0.5, 0.6) is 0 Å². The highest BCUT2D eigenvalue weighted by Crippen LogP contribution is 2.25. The molecule has 0 amide bonds. The average molecular weight is 206 g/mol. The summed E-state index contributed by atoms with van der Waals surface area (Å²) in [5.74, 6) is 0.0150. The molecule has 1 saturated heterocycles. The zero-order chi connectivity index (χ0) is 10.9. The maximum absolute atomic E-state index is 9.57. The molecule has 1 rings (SSSR count). The van der Waals surface area contributed by atoms with Gasteiger partial charge in [0.25, 0.3) is 0 Å². The first-order chi connectivity index (χ1) is 6.49. The van der Waals surface area contributed by atoms with Crippen LogP contribution in [0.15, 0.2) is 0 Å². The number of aliphatic hydroxyl groups is 4. The van der Waals surface area contributed by atoms with Crippen molar-refractivity contribution in [1.29, 1.82) is 0 Å². The van der Waals surface area contributed by atoms with Crippen molar-refractivity contribution in [3.05, 3.63) is 0 Å². The van der Waals surface area contributed by atoms with E-state index >= 15 is 0 Å². The summed E-state index contributed by atoms with van der Waals surface area (Å²) in [6.07, 6.45) is -4.96. The standard InChI is InChI=1S/C9H18O5/c1-4(2)9-8(13)7(12)6(11)5(3-10)14-9/h4-13H,3H2,1-2H3/t5?,6-,7-,8?,9?/m0/s1. The third-order valence-corrected chi connectivity index (χ3v) is 2.59. The Morgan fingerprint density at radius 2 is 1.64 bits per heavy atom. The minimum Gasteiger partial charge on any atom is -0.394 e. The summed E-state index contributed by atoms with van der Waals surface area (Å²) < 4.78 is 5.28. The molecule has 5 nitrogen and oxygen atoms in total. The first kappa shape index (κ1) is 11.9. The second-order valence-electron chi connectivity index (χ2n) is 4.04. The van der Waals surface area contributed by atoms with E-state index in [4.69, 9.17) is 9.84 Å². The Morgan fingerprint density at radius 3 is 2.07 bits per heavy atom. The van der Waals surface area contributed by atoms with Gasteiger partial charge in [-0.15, -0.1) is 0 Å². The summed E-state index contributed by atoms with van der Waals surface area (Å²) in [5, 5.41) is 37.4. The topological polar surface area (TPSA) is 90.2 Å². The van der Waals surface area contributed by atoms with Crippen LogP contribution in [0.1, 0.15) is 13.8 Å². The van der Waals surface area contributed by atoms with Gasteiger partial charge in [-0.05, 0) is 5.92 Å². The van der Waals surface area contributed by atoms with E-state index in [0.717, 1.165) is 0 Å². The highest BCUT2D eigenvalue weighted by Gasteiger charge is 2.44. The fourth-order valence-electron chi connectivity index (χ4n) is 1.68. The van der Waals surface area contributed by atoms with Crippen LogP contribution < -0.4 is 0 Å². The maximum atomic E-state index is 9.57. The molecule has 0 aromatic heterocycles. The van der Waals surface area contributed by atoms with Gasteiger partial charge in [0, 0.05) is 0 Å². The largest absolute Gasteiger partial charge is 0.394 e. The molecule has 4 N–H and O–H groups in total. The van der Waals surface area contributed by atoms with Crippen LogP contribution in [0, 0.1) is 5.92 Å². The first-order valence-corrected chi connectivity index (χ1v) is 4.79. The summed E-state index contributed by atoms with van der Waals surface area (Å²) in [6.45, 7) is 3.31. The quantitative estimate of drug-likeness (QED) is 0.441. The predicted octanol–water partition coefficient (Wildman–Crippen LogP) is -1.52. The van der Waals surface area contributed by atoms with Gasteiger partial charge in [0.15, 0.2) is 0 Å². The van der Waals surface area contributed by atoms with Gasteiger partial charge in [0.2, 0.25) is 0 Å². The van der Waals surface area contributed by atoms with Crippen molar-refractivity contribution in [3.63, 3.8) is 0 Å². The normalized spacial score (nSPS) is 44.4. The smallest absolute Gasteiger partial charge is 0.111 e. The third-order valence-electron chi connectivity index (χ3n) is 2.59. The zero-order valence-corrected chi connectivity index (χ0v) is 8.37. The van der Waals surface area contributed by atoms with Crippen molar-refractivity contribution in [2.24, 2.45) is 5.92 Å². The van der Waals surface area contributed by atoms with Crippen molar-refractivity contribution in [2.45, 2.75) is 44.4 Å². The van der Waals surface area contributed by atoms with E-state index < -0.39 is 30.5 Å². The number of aliphatic hydroxyl groups excluding tert-OH is 4. The molecule has 0 saturated carbocycles. The van der Waals surface area contributed by atoms with Crippen LogP contribution in [0.4, 0.5) is 0 Å². The van der Waals surface area contributed by atoms with Gasteiger partial charge in [0.05, 0.1) is 12.7 Å². The Bertz CT molecular complexity index is 182. The van der Waals surface area contributed by atoms with Crippen molar-refractivity contribution in [3.8, 4) is 0 Å². The molecule has 0 spiro atoms. The van der Waals surface area contributed by atoms with Gasteiger partial charge in [-0.3, -0.25) is 0 Å². The molecule has 5 heteroatoms. The van der Waals surface area contributed by atoms with E-state index in [1.54, 1.807) is 0 Å². The second kappa shape index (κ2) is 4.55. The molecule has 0 aromatic carbocycles. The molecule has 1 aliphatic rings. The van der Waals surface area contributed by atoms with Crippen LogP contribution >= 0.6 is 0 Å². The lowest BCUT2D eigenvalue weighted by Gasteiger charge is -2.41. The molecule has 0 radical (unpaired) electrons. The Labute approximate surface area is 82.9 Å². The van der Waals surface area contributed by atoms with E-state index in [0.29, 0.717) is 0 Å². The lowest BCUT2D eigenvalue weighted by atomic mass is 9.90. The van der Waals surface area contributed by atoms with Crippen molar-refractivity contribution >= 4 is 0 Å². The summed E-state index contributed by atoms with van der Waals surface area (Å²) in [7, 11) is 0. The Balaban J connectivity index is 2.73. The molecule has 84 valence electrons. The van der Waals surface area contributed by atoms with Gasteiger partial charge in [-0.2, -0.15) is 0 Å². The molecule has 3 unspecified atom stereocenters. The summed E-state index contributed by atoms with van der Waals surface area (Å²) in [6, 6.07) is 0. The highest BCUT2D eigenvalue weighted by molar-refractivity contribution is 4.92. The third kappa shape index (κ3) is 2.07. The van der Waals surface area contributed by atoms with E-state index in [1.165, 1.54) is 0 Å². The summed E-state index contributed by atoms with van der Waals surface area (Å²) in [5.41, 5.74) is 0. The molecular formula is C9H18O5. The van der Waals surface area contributed by atoms with Crippen LogP contribution in [0.2, 0.25) is 0 Å². The Kier molecular flexibility index (Phi) is 3.86. The molecular weight excluding hydrogens is 188 g/mol. The SMILES string of the molecule is CC(C)C1OC(CO)[C@H](O)[C@H](O)C1O. The number of ether oxygens (including phenoxy) is 1. The van der Waals surface area contributed by atoms with E-state index in [1.807, 2.05) is 13.8 Å². The van der Waals surface area contributed by atoms with Gasteiger partial charge >= 0.3 is 0 Å². The van der Waals surface area contributed by atoms with Crippen molar-refractivity contribution in [2.75, 3.05) is 6.61 Å². The fourth-order valence-corrected chi connectivity index (χ4v) is 1.68. The minimum atomic E-state index is -1.26. The number of hydrogen-bond acceptors (Lipinski definition) is 5.